The number of aromatic nitrogens is 5. The Hall–Kier alpha value is -3.05. The maximum atomic E-state index is 13.0. The van der Waals surface area contributed by atoms with Crippen molar-refractivity contribution in [2.75, 3.05) is 5.32 Å². The molecule has 11 heteroatoms. The van der Waals surface area contributed by atoms with Gasteiger partial charge in [0.05, 0.1) is 18.6 Å². The molecule has 0 aliphatic heterocycles. The number of hydrogen-bond acceptors (Lipinski definition) is 8. The molecule has 160 valence electrons. The number of thioether (sulfide) groups is 1. The molecule has 3 aromatic heterocycles. The van der Waals surface area contributed by atoms with Crippen molar-refractivity contribution in [3.63, 3.8) is 0 Å². The van der Waals surface area contributed by atoms with Gasteiger partial charge in [0, 0.05) is 11.6 Å². The summed E-state index contributed by atoms with van der Waals surface area (Å²) < 4.78 is 20.5. The molecule has 1 aromatic carbocycles. The quantitative estimate of drug-likeness (QED) is 0.386. The van der Waals surface area contributed by atoms with Gasteiger partial charge >= 0.3 is 0 Å². The third-order valence-electron chi connectivity index (χ3n) is 4.24. The van der Waals surface area contributed by atoms with E-state index in [9.17, 15) is 9.18 Å². The number of nitrogens with one attached hydrogen (secondary N) is 1. The highest BCUT2D eigenvalue weighted by Gasteiger charge is 2.18. The van der Waals surface area contributed by atoms with E-state index >= 15 is 0 Å². The first kappa shape index (κ1) is 21.2. The summed E-state index contributed by atoms with van der Waals surface area (Å²) in [4.78, 5) is 12.4. The van der Waals surface area contributed by atoms with E-state index in [1.807, 2.05) is 16.7 Å². The minimum Gasteiger partial charge on any atom is -0.467 e. The Morgan fingerprint density at radius 3 is 2.71 bits per heavy atom. The number of carbonyl (C=O) groups excluding carboxylic acids is 1. The predicted molar refractivity (Wildman–Crippen MR) is 116 cm³/mol. The lowest BCUT2D eigenvalue weighted by Gasteiger charge is -2.10. The normalized spacial score (nSPS) is 11.2. The van der Waals surface area contributed by atoms with Gasteiger partial charge in [0.1, 0.15) is 22.4 Å². The van der Waals surface area contributed by atoms with E-state index in [4.69, 9.17) is 4.42 Å². The number of benzene rings is 1. The second-order valence-corrected chi connectivity index (χ2v) is 8.92. The molecule has 0 saturated carbocycles. The third-order valence-corrected chi connectivity index (χ3v) is 6.33. The number of nitrogens with zero attached hydrogens (tertiary/aromatic N) is 5. The smallest absolute Gasteiger partial charge is 0.286 e. The van der Waals surface area contributed by atoms with Crippen molar-refractivity contribution in [1.82, 2.24) is 25.0 Å². The summed E-state index contributed by atoms with van der Waals surface area (Å²) >= 11 is 2.67. The zero-order chi connectivity index (χ0) is 21.8. The summed E-state index contributed by atoms with van der Waals surface area (Å²) in [7, 11) is 0. The Morgan fingerprint density at radius 1 is 1.19 bits per heavy atom. The van der Waals surface area contributed by atoms with Gasteiger partial charge < -0.3 is 9.73 Å². The monoisotopic (exact) mass is 458 g/mol. The van der Waals surface area contributed by atoms with Gasteiger partial charge in [0.15, 0.2) is 5.16 Å². The minimum atomic E-state index is -0.386. The van der Waals surface area contributed by atoms with Crippen molar-refractivity contribution in [2.24, 2.45) is 0 Å². The highest BCUT2D eigenvalue weighted by atomic mass is 32.2. The lowest BCUT2D eigenvalue weighted by Crippen LogP contribution is -2.11. The van der Waals surface area contributed by atoms with E-state index in [1.54, 1.807) is 6.26 Å². The first-order chi connectivity index (χ1) is 15.0. The molecule has 31 heavy (non-hydrogen) atoms. The van der Waals surface area contributed by atoms with Crippen molar-refractivity contribution in [2.45, 2.75) is 37.2 Å². The molecule has 0 fully saturated rings. The molecule has 4 aromatic rings. The molecular weight excluding hydrogens is 439 g/mol. The number of halogens is 1. The van der Waals surface area contributed by atoms with E-state index in [0.717, 1.165) is 16.7 Å². The average Bonchev–Trinajstić information content (AvgIpc) is 3.49. The Bertz CT molecular complexity index is 1160. The van der Waals surface area contributed by atoms with Crippen LogP contribution in [0.15, 0.2) is 52.2 Å². The van der Waals surface area contributed by atoms with Crippen molar-refractivity contribution in [1.29, 1.82) is 0 Å². The van der Waals surface area contributed by atoms with Gasteiger partial charge in [-0.3, -0.25) is 9.36 Å². The highest BCUT2D eigenvalue weighted by Crippen LogP contribution is 2.27. The van der Waals surface area contributed by atoms with Crippen LogP contribution in [0.4, 0.5) is 10.1 Å². The standard InChI is InChI=1S/C20H19FN6O2S2/c1-12(2)17-24-26-20(27(17)10-15-4-3-9-29-15)30-11-16-23-25-19(31-16)18(28)22-14-7-5-13(21)6-8-14/h3-9,12H,10-11H2,1-2H3,(H,22,28). The summed E-state index contributed by atoms with van der Waals surface area (Å²) in [5.41, 5.74) is 0.491. The fourth-order valence-corrected chi connectivity index (χ4v) is 4.45. The number of carbonyl (C=O) groups is 1. The zero-order valence-corrected chi connectivity index (χ0v) is 18.4. The topological polar surface area (TPSA) is 98.7 Å². The summed E-state index contributed by atoms with van der Waals surface area (Å²) in [6.45, 7) is 4.67. The Balaban J connectivity index is 1.42. The average molecular weight is 459 g/mol. The maximum Gasteiger partial charge on any atom is 0.286 e. The van der Waals surface area contributed by atoms with Crippen LogP contribution in [0.3, 0.4) is 0 Å². The molecule has 0 radical (unpaired) electrons. The molecule has 0 aliphatic carbocycles. The SMILES string of the molecule is CC(C)c1nnc(SCc2nnc(C(=O)Nc3ccc(F)cc3)s2)n1Cc1ccco1. The highest BCUT2D eigenvalue weighted by molar-refractivity contribution is 7.98. The van der Waals surface area contributed by atoms with Crippen LogP contribution in [-0.2, 0) is 12.3 Å². The Labute approximate surface area is 185 Å². The lowest BCUT2D eigenvalue weighted by atomic mass is 10.2. The van der Waals surface area contributed by atoms with Crippen LogP contribution in [-0.4, -0.2) is 30.9 Å². The molecule has 1 amide bonds. The van der Waals surface area contributed by atoms with Crippen LogP contribution >= 0.6 is 23.1 Å². The lowest BCUT2D eigenvalue weighted by molar-refractivity contribution is 0.102. The van der Waals surface area contributed by atoms with E-state index in [-0.39, 0.29) is 22.6 Å². The molecule has 0 saturated heterocycles. The van der Waals surface area contributed by atoms with Gasteiger partial charge in [-0.2, -0.15) is 0 Å². The predicted octanol–water partition coefficient (Wildman–Crippen LogP) is 4.58. The number of furan rings is 1. The van der Waals surface area contributed by atoms with Gasteiger partial charge in [-0.15, -0.1) is 20.4 Å². The fourth-order valence-electron chi connectivity index (χ4n) is 2.79. The largest absolute Gasteiger partial charge is 0.467 e. The molecule has 3 heterocycles. The minimum absolute atomic E-state index is 0.208. The van der Waals surface area contributed by atoms with E-state index in [1.165, 1.54) is 47.4 Å². The second kappa shape index (κ2) is 9.40. The number of hydrogen-bond donors (Lipinski definition) is 1. The van der Waals surface area contributed by atoms with Gasteiger partial charge in [-0.1, -0.05) is 36.9 Å². The summed E-state index contributed by atoms with van der Waals surface area (Å²) in [5.74, 6) is 1.64. The summed E-state index contributed by atoms with van der Waals surface area (Å²) in [6, 6.07) is 9.30. The molecule has 0 unspecified atom stereocenters. The Morgan fingerprint density at radius 2 is 2.00 bits per heavy atom. The van der Waals surface area contributed by atoms with Crippen molar-refractivity contribution < 1.29 is 13.6 Å². The second-order valence-electron chi connectivity index (χ2n) is 6.91. The van der Waals surface area contributed by atoms with Crippen LogP contribution in [0.2, 0.25) is 0 Å². The molecule has 0 atom stereocenters. The van der Waals surface area contributed by atoms with Gasteiger partial charge in [-0.05, 0) is 36.4 Å². The molecule has 0 spiro atoms. The molecule has 8 nitrogen and oxygen atoms in total. The van der Waals surface area contributed by atoms with Crippen molar-refractivity contribution in [3.05, 3.63) is 70.1 Å². The third kappa shape index (κ3) is 5.17. The number of amides is 1. The van der Waals surface area contributed by atoms with Crippen molar-refractivity contribution >= 4 is 34.7 Å². The van der Waals surface area contributed by atoms with Gasteiger partial charge in [0.25, 0.3) is 5.91 Å². The Kier molecular flexibility index (Phi) is 6.42. The van der Waals surface area contributed by atoms with Gasteiger partial charge in [-0.25, -0.2) is 4.39 Å². The van der Waals surface area contributed by atoms with Gasteiger partial charge in [0.2, 0.25) is 5.01 Å². The van der Waals surface area contributed by atoms with Crippen LogP contribution in [0, 0.1) is 5.82 Å². The van der Waals surface area contributed by atoms with Crippen LogP contribution < -0.4 is 5.32 Å². The van der Waals surface area contributed by atoms with Crippen LogP contribution in [0.1, 0.15) is 46.2 Å². The molecule has 0 aliphatic rings. The molecular formula is C20H19FN6O2S2. The fraction of sp³-hybridized carbons (Fsp3) is 0.250. The van der Waals surface area contributed by atoms with Crippen LogP contribution in [0.5, 0.6) is 0 Å². The first-order valence-electron chi connectivity index (χ1n) is 9.47. The van der Waals surface area contributed by atoms with E-state index in [0.29, 0.717) is 23.0 Å². The first-order valence-corrected chi connectivity index (χ1v) is 11.3. The number of rotatable bonds is 8. The van der Waals surface area contributed by atoms with E-state index < -0.39 is 0 Å². The summed E-state index contributed by atoms with van der Waals surface area (Å²) in [6.07, 6.45) is 1.64. The molecule has 4 rings (SSSR count). The van der Waals surface area contributed by atoms with Crippen LogP contribution in [0.25, 0.3) is 0 Å². The van der Waals surface area contributed by atoms with E-state index in [2.05, 4.69) is 39.6 Å². The summed E-state index contributed by atoms with van der Waals surface area (Å²) in [5, 5.41) is 21.1. The number of anilines is 1. The maximum absolute atomic E-state index is 13.0. The molecule has 0 bridgehead atoms. The zero-order valence-electron chi connectivity index (χ0n) is 16.8. The van der Waals surface area contributed by atoms with Crippen molar-refractivity contribution in [3.8, 4) is 0 Å². The molecule has 1 N–H and O–H groups in total.